The molecule has 1 aliphatic heterocycles. The van der Waals surface area contributed by atoms with E-state index in [9.17, 15) is 22.8 Å². The van der Waals surface area contributed by atoms with Crippen molar-refractivity contribution in [3.8, 4) is 0 Å². The third-order valence-corrected chi connectivity index (χ3v) is 2.01. The van der Waals surface area contributed by atoms with E-state index < -0.39 is 12.6 Å². The molecule has 0 radical (unpaired) electrons. The van der Waals surface area contributed by atoms with E-state index in [1.807, 2.05) is 0 Å². The van der Waals surface area contributed by atoms with Crippen LogP contribution in [0.4, 0.5) is 13.2 Å². The summed E-state index contributed by atoms with van der Waals surface area (Å²) in [6.45, 7) is -0.284. The van der Waals surface area contributed by atoms with Crippen molar-refractivity contribution in [1.82, 2.24) is 10.2 Å². The normalized spacial score (nSPS) is 17.9. The number of hydrogen-bond donors (Lipinski definition) is 1. The third-order valence-electron chi connectivity index (χ3n) is 2.01. The third kappa shape index (κ3) is 4.18. The van der Waals surface area contributed by atoms with E-state index in [1.165, 1.54) is 0 Å². The molecular weight excluding hydrogens is 213 g/mol. The number of carbonyl (C=O) groups is 2. The summed E-state index contributed by atoms with van der Waals surface area (Å²) in [6, 6.07) is 0. The zero-order valence-corrected chi connectivity index (χ0v) is 7.93. The number of piperazine rings is 1. The lowest BCUT2D eigenvalue weighted by Crippen LogP contribution is -2.51. The maximum Gasteiger partial charge on any atom is 0.389 e. The lowest BCUT2D eigenvalue weighted by molar-refractivity contribution is -0.144. The van der Waals surface area contributed by atoms with Gasteiger partial charge in [-0.3, -0.25) is 9.59 Å². The van der Waals surface area contributed by atoms with Crippen LogP contribution >= 0.6 is 0 Å². The molecule has 0 aromatic heterocycles. The number of amides is 2. The van der Waals surface area contributed by atoms with Gasteiger partial charge in [-0.25, -0.2) is 0 Å². The summed E-state index contributed by atoms with van der Waals surface area (Å²) < 4.78 is 35.4. The van der Waals surface area contributed by atoms with E-state index >= 15 is 0 Å². The second-order valence-corrected chi connectivity index (χ2v) is 3.31. The van der Waals surface area contributed by atoms with Crippen LogP contribution < -0.4 is 5.32 Å². The lowest BCUT2D eigenvalue weighted by atomic mass is 10.2. The summed E-state index contributed by atoms with van der Waals surface area (Å²) in [4.78, 5) is 23.1. The first-order valence-corrected chi connectivity index (χ1v) is 4.50. The Kier molecular flexibility index (Phi) is 3.54. The van der Waals surface area contributed by atoms with Crippen LogP contribution in [0.25, 0.3) is 0 Å². The van der Waals surface area contributed by atoms with Crippen molar-refractivity contribution < 1.29 is 22.8 Å². The number of nitrogens with zero attached hydrogens (tertiary/aromatic N) is 1. The zero-order chi connectivity index (χ0) is 11.5. The Morgan fingerprint density at radius 1 is 1.33 bits per heavy atom. The second-order valence-electron chi connectivity index (χ2n) is 3.31. The van der Waals surface area contributed by atoms with Crippen molar-refractivity contribution >= 4 is 11.8 Å². The average Bonchev–Trinajstić information content (AvgIpc) is 2.09. The SMILES string of the molecule is O=C1CN(CCCC(F)(F)F)C(=O)CN1. The number of nitrogens with one attached hydrogen (secondary N) is 1. The first-order chi connectivity index (χ1) is 6.88. The van der Waals surface area contributed by atoms with Crippen molar-refractivity contribution in [3.63, 3.8) is 0 Å². The molecule has 86 valence electrons. The van der Waals surface area contributed by atoms with E-state index in [0.717, 1.165) is 4.90 Å². The van der Waals surface area contributed by atoms with Crippen LogP contribution in [-0.2, 0) is 9.59 Å². The van der Waals surface area contributed by atoms with Crippen molar-refractivity contribution in [2.24, 2.45) is 0 Å². The first kappa shape index (κ1) is 11.8. The topological polar surface area (TPSA) is 49.4 Å². The van der Waals surface area contributed by atoms with Crippen LogP contribution in [0.15, 0.2) is 0 Å². The van der Waals surface area contributed by atoms with E-state index in [-0.39, 0.29) is 37.9 Å². The van der Waals surface area contributed by atoms with Crippen LogP contribution in [0, 0.1) is 0 Å². The molecule has 15 heavy (non-hydrogen) atoms. The van der Waals surface area contributed by atoms with Gasteiger partial charge >= 0.3 is 6.18 Å². The second kappa shape index (κ2) is 4.50. The van der Waals surface area contributed by atoms with E-state index in [4.69, 9.17) is 0 Å². The van der Waals surface area contributed by atoms with Crippen LogP contribution in [0.2, 0.25) is 0 Å². The van der Waals surface area contributed by atoms with Crippen LogP contribution in [0.1, 0.15) is 12.8 Å². The Morgan fingerprint density at radius 2 is 2.00 bits per heavy atom. The molecule has 1 rings (SSSR count). The number of alkyl halides is 3. The van der Waals surface area contributed by atoms with Gasteiger partial charge in [0.1, 0.15) is 0 Å². The zero-order valence-electron chi connectivity index (χ0n) is 7.93. The minimum absolute atomic E-state index is 0.0221. The molecule has 1 heterocycles. The van der Waals surface area contributed by atoms with Crippen molar-refractivity contribution in [2.75, 3.05) is 19.6 Å². The monoisotopic (exact) mass is 224 g/mol. The van der Waals surface area contributed by atoms with Crippen molar-refractivity contribution in [1.29, 1.82) is 0 Å². The molecular formula is C8H11F3N2O2. The van der Waals surface area contributed by atoms with Gasteiger partial charge in [0.25, 0.3) is 0 Å². The van der Waals surface area contributed by atoms with E-state index in [2.05, 4.69) is 5.32 Å². The summed E-state index contributed by atoms with van der Waals surface area (Å²) in [7, 11) is 0. The Hall–Kier alpha value is -1.27. The Bertz CT molecular complexity index is 265. The Morgan fingerprint density at radius 3 is 2.60 bits per heavy atom. The molecule has 4 nitrogen and oxygen atoms in total. The highest BCUT2D eigenvalue weighted by molar-refractivity contribution is 5.92. The number of halogens is 3. The number of carbonyl (C=O) groups excluding carboxylic acids is 2. The van der Waals surface area contributed by atoms with Gasteiger partial charge in [-0.1, -0.05) is 0 Å². The molecule has 2 amide bonds. The Labute approximate surface area is 84.4 Å². The summed E-state index contributed by atoms with van der Waals surface area (Å²) in [5, 5.41) is 2.32. The van der Waals surface area contributed by atoms with Crippen LogP contribution in [-0.4, -0.2) is 42.5 Å². The fraction of sp³-hybridized carbons (Fsp3) is 0.750. The van der Waals surface area contributed by atoms with E-state index in [0.29, 0.717) is 0 Å². The molecule has 0 unspecified atom stereocenters. The van der Waals surface area contributed by atoms with Gasteiger partial charge in [0.15, 0.2) is 0 Å². The summed E-state index contributed by atoms with van der Waals surface area (Å²) in [6.07, 6.45) is -5.30. The highest BCUT2D eigenvalue weighted by Gasteiger charge is 2.28. The molecule has 1 fully saturated rings. The first-order valence-electron chi connectivity index (χ1n) is 4.50. The molecule has 1 aliphatic rings. The van der Waals surface area contributed by atoms with Crippen molar-refractivity contribution in [2.45, 2.75) is 19.0 Å². The maximum absolute atomic E-state index is 11.8. The van der Waals surface area contributed by atoms with E-state index in [1.54, 1.807) is 0 Å². The maximum atomic E-state index is 11.8. The molecule has 0 aromatic carbocycles. The smallest absolute Gasteiger partial charge is 0.345 e. The van der Waals surface area contributed by atoms with Crippen LogP contribution in [0.3, 0.4) is 0 Å². The molecule has 0 spiro atoms. The van der Waals surface area contributed by atoms with Gasteiger partial charge in [0.2, 0.25) is 11.8 Å². The van der Waals surface area contributed by atoms with Gasteiger partial charge in [-0.15, -0.1) is 0 Å². The molecule has 7 heteroatoms. The highest BCUT2D eigenvalue weighted by atomic mass is 19.4. The Balaban J connectivity index is 2.31. The fourth-order valence-electron chi connectivity index (χ4n) is 1.28. The summed E-state index contributed by atoms with van der Waals surface area (Å²) >= 11 is 0. The van der Waals surface area contributed by atoms with Gasteiger partial charge in [0, 0.05) is 13.0 Å². The summed E-state index contributed by atoms with van der Waals surface area (Å²) in [5.74, 6) is -0.668. The molecule has 1 N–H and O–H groups in total. The standard InChI is InChI=1S/C8H11F3N2O2/c9-8(10,11)2-1-3-13-5-6(14)12-4-7(13)15/h1-5H2,(H,12,14). The number of hydrogen-bond acceptors (Lipinski definition) is 2. The van der Waals surface area contributed by atoms with Gasteiger partial charge in [-0.2, -0.15) is 13.2 Å². The largest absolute Gasteiger partial charge is 0.389 e. The van der Waals surface area contributed by atoms with Crippen LogP contribution in [0.5, 0.6) is 0 Å². The molecule has 0 saturated carbocycles. The molecule has 1 saturated heterocycles. The number of rotatable bonds is 3. The molecule has 0 bridgehead atoms. The highest BCUT2D eigenvalue weighted by Crippen LogP contribution is 2.21. The minimum Gasteiger partial charge on any atom is -0.345 e. The predicted octanol–water partition coefficient (Wildman–Crippen LogP) is 0.287. The summed E-state index contributed by atoms with van der Waals surface area (Å²) in [5.41, 5.74) is 0. The minimum atomic E-state index is -4.21. The molecule has 0 aliphatic carbocycles. The quantitative estimate of drug-likeness (QED) is 0.749. The molecule has 0 aromatic rings. The van der Waals surface area contributed by atoms with Gasteiger partial charge in [-0.05, 0) is 6.42 Å². The lowest BCUT2D eigenvalue weighted by Gasteiger charge is -2.26. The average molecular weight is 224 g/mol. The molecule has 0 atom stereocenters. The van der Waals surface area contributed by atoms with Gasteiger partial charge in [0.05, 0.1) is 13.1 Å². The fourth-order valence-corrected chi connectivity index (χ4v) is 1.28. The van der Waals surface area contributed by atoms with Crippen molar-refractivity contribution in [3.05, 3.63) is 0 Å². The van der Waals surface area contributed by atoms with Gasteiger partial charge < -0.3 is 10.2 Å². The predicted molar refractivity (Wildman–Crippen MR) is 44.9 cm³/mol.